The molecule has 0 bridgehead atoms. The Labute approximate surface area is 182 Å². The molecule has 0 fully saturated rings. The SMILES string of the molecule is CCNS1(O)C[C@@](C)(c2cc(CC(=O)c3ccc(F)cn3)ccc2F)N=C(N)C1(C)C. The van der Waals surface area contributed by atoms with Crippen LogP contribution in [0.25, 0.3) is 0 Å². The molecule has 9 heteroatoms. The molecule has 6 nitrogen and oxygen atoms in total. The summed E-state index contributed by atoms with van der Waals surface area (Å²) >= 11 is 0. The van der Waals surface area contributed by atoms with Crippen LogP contribution in [-0.4, -0.2) is 38.2 Å². The summed E-state index contributed by atoms with van der Waals surface area (Å²) in [7, 11) is -2.46. The molecule has 0 saturated carbocycles. The number of nitrogens with zero attached hydrogens (tertiary/aromatic N) is 2. The molecule has 1 aromatic carbocycles. The van der Waals surface area contributed by atoms with Gasteiger partial charge in [-0.15, -0.1) is 0 Å². The minimum Gasteiger partial charge on any atom is -0.386 e. The maximum absolute atomic E-state index is 14.9. The molecule has 0 radical (unpaired) electrons. The van der Waals surface area contributed by atoms with Crippen LogP contribution in [0.1, 0.15) is 49.3 Å². The second-order valence-corrected chi connectivity index (χ2v) is 11.4. The highest BCUT2D eigenvalue weighted by molar-refractivity contribution is 8.29. The van der Waals surface area contributed by atoms with Crippen molar-refractivity contribution in [2.45, 2.75) is 44.4 Å². The number of nitrogens with two attached hydrogens (primary N) is 1. The number of benzene rings is 1. The number of nitrogens with one attached hydrogen (secondary N) is 1. The van der Waals surface area contributed by atoms with Gasteiger partial charge in [-0.25, -0.2) is 8.78 Å². The van der Waals surface area contributed by atoms with E-state index in [2.05, 4.69) is 14.7 Å². The number of pyridine rings is 1. The smallest absolute Gasteiger partial charge is 0.185 e. The number of carbonyl (C=O) groups excluding carboxylic acids is 1. The van der Waals surface area contributed by atoms with Crippen LogP contribution in [-0.2, 0) is 12.0 Å². The van der Waals surface area contributed by atoms with Gasteiger partial charge < -0.3 is 10.3 Å². The molecular formula is C22H28F2N4O2S. The molecule has 0 aliphatic carbocycles. The van der Waals surface area contributed by atoms with Crippen molar-refractivity contribution in [2.24, 2.45) is 10.7 Å². The summed E-state index contributed by atoms with van der Waals surface area (Å²) in [5, 5.41) is 0. The quantitative estimate of drug-likeness (QED) is 0.579. The minimum atomic E-state index is -2.46. The Bertz CT molecular complexity index is 1030. The van der Waals surface area contributed by atoms with Gasteiger partial charge in [-0.3, -0.25) is 19.5 Å². The number of ketones is 1. The van der Waals surface area contributed by atoms with Gasteiger partial charge >= 0.3 is 0 Å². The Morgan fingerprint density at radius 1 is 1.26 bits per heavy atom. The fraction of sp³-hybridized carbons (Fsp3) is 0.409. The lowest BCUT2D eigenvalue weighted by Gasteiger charge is -2.54. The predicted octanol–water partition coefficient (Wildman–Crippen LogP) is 3.95. The average Bonchev–Trinajstić information content (AvgIpc) is 2.68. The van der Waals surface area contributed by atoms with Crippen molar-refractivity contribution in [3.63, 3.8) is 0 Å². The summed E-state index contributed by atoms with van der Waals surface area (Å²) < 4.78 is 41.8. The van der Waals surface area contributed by atoms with E-state index in [0.29, 0.717) is 12.1 Å². The number of amidine groups is 1. The van der Waals surface area contributed by atoms with E-state index in [1.165, 1.54) is 24.3 Å². The van der Waals surface area contributed by atoms with Gasteiger partial charge in [0.2, 0.25) is 0 Å². The summed E-state index contributed by atoms with van der Waals surface area (Å²) in [6.45, 7) is 7.79. The zero-order valence-corrected chi connectivity index (χ0v) is 18.9. The van der Waals surface area contributed by atoms with Crippen LogP contribution in [0.2, 0.25) is 0 Å². The standard InChI is InChI=1S/C22H28F2N4O2S/c1-5-27-31(30)13-22(4,28-20(25)21(31,2)3)16-10-14(6-8-17(16)24)11-19(29)18-9-7-15(23)12-26-18/h6-10,12,27,30H,5,11,13H2,1-4H3,(H2,25,28)/t22-/m0/s1. The summed E-state index contributed by atoms with van der Waals surface area (Å²) in [5.41, 5.74) is 6.09. The van der Waals surface area contributed by atoms with Gasteiger partial charge in [-0.05, 0) is 50.6 Å². The van der Waals surface area contributed by atoms with Gasteiger partial charge in [0.15, 0.2) is 5.78 Å². The number of carbonyl (C=O) groups is 1. The lowest BCUT2D eigenvalue weighted by atomic mass is 9.90. The number of Topliss-reactive ketones (excluding diaryl/α,β-unsaturated/α-hetero) is 1. The molecule has 0 saturated heterocycles. The van der Waals surface area contributed by atoms with Crippen molar-refractivity contribution in [3.8, 4) is 0 Å². The monoisotopic (exact) mass is 450 g/mol. The van der Waals surface area contributed by atoms with Crippen LogP contribution >= 0.6 is 10.5 Å². The van der Waals surface area contributed by atoms with Gasteiger partial charge in [-0.2, -0.15) is 0 Å². The lowest BCUT2D eigenvalue weighted by molar-refractivity contribution is 0.0988. The fourth-order valence-electron chi connectivity index (χ4n) is 3.71. The molecule has 3 rings (SSSR count). The van der Waals surface area contributed by atoms with E-state index in [9.17, 15) is 18.1 Å². The summed E-state index contributed by atoms with van der Waals surface area (Å²) in [6.07, 6.45) is 0.951. The zero-order chi connectivity index (χ0) is 23.0. The first-order valence-corrected chi connectivity index (χ1v) is 11.7. The molecule has 1 aromatic heterocycles. The normalized spacial score (nSPS) is 27.3. The first-order valence-electron chi connectivity index (χ1n) is 9.99. The Kier molecular flexibility index (Phi) is 6.23. The van der Waals surface area contributed by atoms with Gasteiger partial charge in [-0.1, -0.05) is 23.5 Å². The molecule has 1 aliphatic heterocycles. The zero-order valence-electron chi connectivity index (χ0n) is 18.1. The second-order valence-electron chi connectivity index (χ2n) is 8.40. The highest BCUT2D eigenvalue weighted by Gasteiger charge is 2.51. The van der Waals surface area contributed by atoms with Gasteiger partial charge in [0.1, 0.15) is 23.2 Å². The number of halogens is 2. The molecule has 2 heterocycles. The number of aromatic nitrogens is 1. The van der Waals surface area contributed by atoms with Crippen molar-refractivity contribution in [2.75, 3.05) is 12.3 Å². The second kappa shape index (κ2) is 8.29. The van der Waals surface area contributed by atoms with Crippen molar-refractivity contribution in [1.82, 2.24) is 9.71 Å². The van der Waals surface area contributed by atoms with Crippen LogP contribution in [0.5, 0.6) is 0 Å². The Hall–Kier alpha value is -2.36. The number of hydrogen-bond acceptors (Lipinski definition) is 6. The van der Waals surface area contributed by atoms with Crippen LogP contribution < -0.4 is 10.5 Å². The highest BCUT2D eigenvalue weighted by atomic mass is 32.3. The van der Waals surface area contributed by atoms with Crippen LogP contribution in [0.3, 0.4) is 0 Å². The molecule has 2 aromatic rings. The third kappa shape index (κ3) is 4.35. The summed E-state index contributed by atoms with van der Waals surface area (Å²) in [4.78, 5) is 20.9. The van der Waals surface area contributed by atoms with E-state index >= 15 is 0 Å². The fourth-order valence-corrected chi connectivity index (χ4v) is 6.44. The topological polar surface area (TPSA) is 101 Å². The Morgan fingerprint density at radius 3 is 2.58 bits per heavy atom. The largest absolute Gasteiger partial charge is 0.386 e. The molecule has 0 amide bonds. The number of hydrogen-bond donors (Lipinski definition) is 3. The number of rotatable bonds is 6. The average molecular weight is 451 g/mol. The minimum absolute atomic E-state index is 0.0307. The van der Waals surface area contributed by atoms with Crippen molar-refractivity contribution in [3.05, 3.63) is 65.0 Å². The van der Waals surface area contributed by atoms with E-state index < -0.39 is 32.4 Å². The molecule has 168 valence electrons. The maximum atomic E-state index is 14.9. The number of aliphatic imine (C=N–C) groups is 1. The molecule has 0 spiro atoms. The third-order valence-corrected chi connectivity index (χ3v) is 9.33. The third-order valence-electron chi connectivity index (χ3n) is 5.69. The van der Waals surface area contributed by atoms with E-state index in [1.54, 1.807) is 13.0 Å². The van der Waals surface area contributed by atoms with Crippen LogP contribution in [0, 0.1) is 11.6 Å². The molecule has 1 unspecified atom stereocenters. The van der Waals surface area contributed by atoms with Crippen molar-refractivity contribution in [1.29, 1.82) is 0 Å². The van der Waals surface area contributed by atoms with Crippen LogP contribution in [0.4, 0.5) is 8.78 Å². The first kappa shape index (κ1) is 23.3. The Balaban J connectivity index is 1.98. The Morgan fingerprint density at radius 2 is 1.97 bits per heavy atom. The lowest BCUT2D eigenvalue weighted by Crippen LogP contribution is -2.56. The van der Waals surface area contributed by atoms with Crippen molar-refractivity contribution >= 4 is 22.1 Å². The van der Waals surface area contributed by atoms with E-state index in [0.717, 1.165) is 6.20 Å². The van der Waals surface area contributed by atoms with Crippen LogP contribution in [0.15, 0.2) is 41.5 Å². The first-order chi connectivity index (χ1) is 14.4. The molecule has 4 N–H and O–H groups in total. The molecule has 1 aliphatic rings. The highest BCUT2D eigenvalue weighted by Crippen LogP contribution is 2.59. The van der Waals surface area contributed by atoms with Gasteiger partial charge in [0, 0.05) is 24.3 Å². The van der Waals surface area contributed by atoms with E-state index in [4.69, 9.17) is 5.73 Å². The predicted molar refractivity (Wildman–Crippen MR) is 120 cm³/mol. The van der Waals surface area contributed by atoms with Gasteiger partial charge in [0.25, 0.3) is 0 Å². The van der Waals surface area contributed by atoms with Gasteiger partial charge in [0.05, 0.1) is 16.5 Å². The van der Waals surface area contributed by atoms with E-state index in [1.807, 2.05) is 20.8 Å². The molecular weight excluding hydrogens is 422 g/mol. The molecule has 2 atom stereocenters. The maximum Gasteiger partial charge on any atom is 0.185 e. The van der Waals surface area contributed by atoms with Crippen molar-refractivity contribution < 1.29 is 18.1 Å². The summed E-state index contributed by atoms with van der Waals surface area (Å²) in [6, 6.07) is 6.87. The molecule has 31 heavy (non-hydrogen) atoms. The summed E-state index contributed by atoms with van der Waals surface area (Å²) in [5.74, 6) is -0.913. The van der Waals surface area contributed by atoms with E-state index in [-0.39, 0.29) is 35.0 Å².